The molecule has 6 atom stereocenters. The van der Waals surface area contributed by atoms with Crippen LogP contribution in [0.15, 0.2) is 96.0 Å². The fourth-order valence-corrected chi connectivity index (χ4v) is 7.50. The van der Waals surface area contributed by atoms with Crippen LogP contribution in [0.1, 0.15) is 55.2 Å². The fraction of sp³-hybridized carbons (Fsp3) is 0.400. The fourth-order valence-electron chi connectivity index (χ4n) is 7.50. The highest BCUT2D eigenvalue weighted by molar-refractivity contribution is 5.95. The summed E-state index contributed by atoms with van der Waals surface area (Å²) < 4.78 is 0. The van der Waals surface area contributed by atoms with Crippen molar-refractivity contribution in [3.8, 4) is 0 Å². The Morgan fingerprint density at radius 2 is 1.47 bits per heavy atom. The van der Waals surface area contributed by atoms with Crippen molar-refractivity contribution >= 4 is 35.6 Å². The highest BCUT2D eigenvalue weighted by Crippen LogP contribution is 2.39. The zero-order chi connectivity index (χ0) is 37.7. The van der Waals surface area contributed by atoms with Gasteiger partial charge in [0, 0.05) is 18.6 Å². The van der Waals surface area contributed by atoms with E-state index in [4.69, 9.17) is 11.5 Å². The lowest BCUT2D eigenvalue weighted by molar-refractivity contribution is -0.147. The topological polar surface area (TPSA) is 209 Å². The third kappa shape index (κ3) is 11.1. The lowest BCUT2D eigenvalue weighted by atomic mass is 9.86. The van der Waals surface area contributed by atoms with Gasteiger partial charge in [-0.25, -0.2) is 0 Å². The summed E-state index contributed by atoms with van der Waals surface area (Å²) in [5.74, 6) is -2.84. The number of nitrogens with zero attached hydrogens (tertiary/aromatic N) is 2. The van der Waals surface area contributed by atoms with Crippen LogP contribution in [0.5, 0.6) is 0 Å². The number of hydrogen-bond acceptors (Lipinski definition) is 6. The highest BCUT2D eigenvalue weighted by Gasteiger charge is 2.51. The molecular formula is C40H49N7O6. The Hall–Kier alpha value is -5.72. The number of nitrogens with two attached hydrogens (primary N) is 2. The average molecular weight is 724 g/mol. The van der Waals surface area contributed by atoms with Gasteiger partial charge in [0.2, 0.25) is 23.6 Å². The largest absolute Gasteiger partial charge is 0.481 e. The van der Waals surface area contributed by atoms with Gasteiger partial charge in [0.15, 0.2) is 5.96 Å². The number of piperidine rings is 1. The highest BCUT2D eigenvalue weighted by atomic mass is 16.4. The van der Waals surface area contributed by atoms with Gasteiger partial charge in [0.1, 0.15) is 18.1 Å². The number of rotatable bonds is 17. The third-order valence-electron chi connectivity index (χ3n) is 9.92. The summed E-state index contributed by atoms with van der Waals surface area (Å²) >= 11 is 0. The number of hydrogen-bond donors (Lipinski definition) is 6. The van der Waals surface area contributed by atoms with Crippen molar-refractivity contribution in [1.82, 2.24) is 20.9 Å². The predicted molar refractivity (Wildman–Crippen MR) is 200 cm³/mol. The second-order valence-corrected chi connectivity index (χ2v) is 13.9. The first-order valence-electron chi connectivity index (χ1n) is 18.2. The van der Waals surface area contributed by atoms with Gasteiger partial charge in [0.05, 0.1) is 12.8 Å². The van der Waals surface area contributed by atoms with Gasteiger partial charge in [0.25, 0.3) is 0 Å². The summed E-state index contributed by atoms with van der Waals surface area (Å²) in [6.45, 7) is 0.212. The van der Waals surface area contributed by atoms with E-state index in [1.807, 2.05) is 91.0 Å². The Morgan fingerprint density at radius 3 is 2.09 bits per heavy atom. The molecule has 13 heteroatoms. The predicted octanol–water partition coefficient (Wildman–Crippen LogP) is 2.08. The molecule has 2 aliphatic rings. The molecular weight excluding hydrogens is 674 g/mol. The van der Waals surface area contributed by atoms with Gasteiger partial charge in [-0.05, 0) is 67.6 Å². The van der Waals surface area contributed by atoms with E-state index in [0.29, 0.717) is 32.1 Å². The number of carbonyl (C=O) groups is 5. The van der Waals surface area contributed by atoms with Gasteiger partial charge in [-0.1, -0.05) is 91.0 Å². The zero-order valence-electron chi connectivity index (χ0n) is 29.7. The van der Waals surface area contributed by atoms with Gasteiger partial charge < -0.3 is 37.4 Å². The first-order chi connectivity index (χ1) is 25.6. The van der Waals surface area contributed by atoms with Crippen molar-refractivity contribution in [3.05, 3.63) is 108 Å². The number of guanidine groups is 1. The smallest absolute Gasteiger partial charge is 0.305 e. The Balaban J connectivity index is 1.35. The summed E-state index contributed by atoms with van der Waals surface area (Å²) in [6, 6.07) is 24.7. The van der Waals surface area contributed by atoms with Crippen molar-refractivity contribution in [1.29, 1.82) is 0 Å². The number of carboxylic acid groups (broad SMARTS) is 1. The maximum absolute atomic E-state index is 14.3. The second-order valence-electron chi connectivity index (χ2n) is 13.9. The molecule has 2 saturated heterocycles. The van der Waals surface area contributed by atoms with Crippen LogP contribution in [-0.4, -0.2) is 82.3 Å². The molecule has 280 valence electrons. The van der Waals surface area contributed by atoms with E-state index >= 15 is 0 Å². The number of carboxylic acids is 1. The number of nitrogens with one attached hydrogen (secondary N) is 3. The maximum atomic E-state index is 14.3. The van der Waals surface area contributed by atoms with Crippen LogP contribution < -0.4 is 27.4 Å². The monoisotopic (exact) mass is 723 g/mol. The van der Waals surface area contributed by atoms with Crippen LogP contribution in [0.4, 0.5) is 0 Å². The lowest BCUT2D eigenvalue weighted by Crippen LogP contribution is -2.60. The molecule has 4 amide bonds. The van der Waals surface area contributed by atoms with Crippen molar-refractivity contribution in [2.45, 2.75) is 88.0 Å². The summed E-state index contributed by atoms with van der Waals surface area (Å²) in [6.07, 6.45) is 2.67. The van der Waals surface area contributed by atoms with Crippen LogP contribution in [0, 0.1) is 5.92 Å². The van der Waals surface area contributed by atoms with Gasteiger partial charge >= 0.3 is 5.97 Å². The number of benzene rings is 3. The van der Waals surface area contributed by atoms with E-state index in [-0.39, 0.29) is 62.0 Å². The molecule has 3 aromatic carbocycles. The quantitative estimate of drug-likeness (QED) is 0.0689. The van der Waals surface area contributed by atoms with Crippen molar-refractivity contribution in [2.24, 2.45) is 22.4 Å². The number of aliphatic carboxylic acids is 1. The minimum Gasteiger partial charge on any atom is -0.481 e. The molecule has 5 rings (SSSR count). The summed E-state index contributed by atoms with van der Waals surface area (Å²) in [5, 5.41) is 18.3. The molecule has 0 bridgehead atoms. The van der Waals surface area contributed by atoms with Gasteiger partial charge in [-0.15, -0.1) is 0 Å². The van der Waals surface area contributed by atoms with Crippen LogP contribution in [-0.2, 0) is 43.2 Å². The van der Waals surface area contributed by atoms with Crippen LogP contribution in [0.25, 0.3) is 0 Å². The van der Waals surface area contributed by atoms with E-state index in [9.17, 15) is 29.1 Å². The minimum atomic E-state index is -1.07. The average Bonchev–Trinajstić information content (AvgIpc) is 3.50. The second kappa shape index (κ2) is 18.7. The normalized spacial score (nSPS) is 20.4. The first-order valence-corrected chi connectivity index (χ1v) is 18.2. The maximum Gasteiger partial charge on any atom is 0.305 e. The molecule has 3 aromatic rings. The number of aliphatic imine (C=N–C) groups is 1. The molecule has 53 heavy (non-hydrogen) atoms. The van der Waals surface area contributed by atoms with Crippen molar-refractivity contribution in [3.63, 3.8) is 0 Å². The molecule has 0 radical (unpaired) electrons. The first kappa shape index (κ1) is 38.5. The number of amides is 4. The van der Waals surface area contributed by atoms with E-state index < -0.39 is 42.0 Å². The minimum absolute atomic E-state index is 0.0296. The van der Waals surface area contributed by atoms with Gasteiger partial charge in [-0.3, -0.25) is 29.0 Å². The summed E-state index contributed by atoms with van der Waals surface area (Å²) in [7, 11) is 0. The van der Waals surface area contributed by atoms with Crippen LogP contribution >= 0.6 is 0 Å². The molecule has 0 unspecified atom stereocenters. The zero-order valence-corrected chi connectivity index (χ0v) is 29.7. The summed E-state index contributed by atoms with van der Waals surface area (Å²) in [4.78, 5) is 72.7. The SMILES string of the molecule is NC(N)=NCCC[C@H](NC(=O)[C@@H]1C[C@@H](Cc2ccccc2)[C@@H]2CC[C@H](NC(=O)Cc3ccccc3)C(=O)N12)C(=O)N[C@H](CC(=O)O)Cc1ccccc1. The molecule has 0 spiro atoms. The van der Waals surface area contributed by atoms with Crippen LogP contribution in [0.2, 0.25) is 0 Å². The van der Waals surface area contributed by atoms with Crippen LogP contribution in [0.3, 0.4) is 0 Å². The Bertz CT molecular complexity index is 1740. The van der Waals surface area contributed by atoms with Crippen molar-refractivity contribution < 1.29 is 29.1 Å². The van der Waals surface area contributed by atoms with Gasteiger partial charge in [-0.2, -0.15) is 0 Å². The number of carbonyl (C=O) groups excluding carboxylic acids is 4. The summed E-state index contributed by atoms with van der Waals surface area (Å²) in [5.41, 5.74) is 13.8. The third-order valence-corrected chi connectivity index (χ3v) is 9.92. The Kier molecular flexibility index (Phi) is 13.6. The number of fused-ring (bicyclic) bond motifs is 1. The van der Waals surface area contributed by atoms with E-state index in [1.165, 1.54) is 0 Å². The molecule has 2 fully saturated rings. The van der Waals surface area contributed by atoms with E-state index in [1.54, 1.807) is 4.90 Å². The van der Waals surface area contributed by atoms with E-state index in [0.717, 1.165) is 16.7 Å². The molecule has 8 N–H and O–H groups in total. The molecule has 0 aromatic heterocycles. The standard InChI is InChI=1S/C40H49N7O6/c41-40(42)43-20-10-17-31(37(51)44-30(25-36(49)50)22-27-13-6-2-7-14-27)46-38(52)34-24-29(21-26-11-4-1-5-12-26)33-19-18-32(39(53)47(33)34)45-35(48)23-28-15-8-3-9-16-28/h1-9,11-16,29-34H,10,17-25H2,(H,44,51)(H,45,48)(H,46,52)(H,49,50)(H4,41,42,43)/t29-,30+,31+,32+,33+,34+/m1/s1. The molecule has 0 aliphatic carbocycles. The van der Waals surface area contributed by atoms with Crippen molar-refractivity contribution in [2.75, 3.05) is 6.54 Å². The lowest BCUT2D eigenvalue weighted by Gasteiger charge is -2.39. The molecule has 2 aliphatic heterocycles. The molecule has 0 saturated carbocycles. The Labute approximate surface area is 309 Å². The van der Waals surface area contributed by atoms with E-state index in [2.05, 4.69) is 20.9 Å². The molecule has 13 nitrogen and oxygen atoms in total. The Morgan fingerprint density at radius 1 is 0.849 bits per heavy atom. The molecule has 2 heterocycles.